The first-order valence-electron chi connectivity index (χ1n) is 2.72. The first kappa shape index (κ1) is 6.67. The van der Waals surface area contributed by atoms with Crippen LogP contribution in [0.1, 0.15) is 5.69 Å². The second-order valence-electron chi connectivity index (χ2n) is 1.66. The lowest BCUT2D eigenvalue weighted by molar-refractivity contribution is -0.121. The number of rotatable bonds is 2. The molecule has 0 aliphatic heterocycles. The number of carbonyl (C=O) groups excluding carboxylic acids is 1. The molecule has 1 aromatic heterocycles. The van der Waals surface area contributed by atoms with Crippen molar-refractivity contribution in [1.29, 1.82) is 0 Å². The lowest BCUT2D eigenvalue weighted by Crippen LogP contribution is -1.95. The molecule has 52 valence electrons. The molecule has 4 nitrogen and oxygen atoms in total. The highest BCUT2D eigenvalue weighted by Crippen LogP contribution is 2.06. The molecule has 1 rings (SSSR count). The molecule has 0 aromatic carbocycles. The molecule has 4 heteroatoms. The van der Waals surface area contributed by atoms with E-state index in [4.69, 9.17) is 0 Å². The Hall–Kier alpha value is -1.45. The van der Waals surface area contributed by atoms with Crippen LogP contribution in [0.4, 0.5) is 0 Å². The highest BCUT2D eigenvalue weighted by Gasteiger charge is 1.97. The van der Waals surface area contributed by atoms with E-state index in [0.29, 0.717) is 12.2 Å². The Balaban J connectivity index is 2.91. The van der Waals surface area contributed by atoms with Crippen LogP contribution >= 0.6 is 0 Å². The predicted octanol–water partition coefficient (Wildman–Crippen LogP) is 0.320. The Labute approximate surface area is 57.9 Å². The van der Waals surface area contributed by atoms with Gasteiger partial charge in [-0.3, -0.25) is 9.78 Å². The second-order valence-corrected chi connectivity index (χ2v) is 1.66. The number of hydrogen-bond acceptors (Lipinski definition) is 4. The van der Waals surface area contributed by atoms with Crippen LogP contribution in [0.25, 0.3) is 0 Å². The van der Waals surface area contributed by atoms with Gasteiger partial charge >= 0.3 is 0 Å². The molecule has 0 N–H and O–H groups in total. The number of hydrogen-bond donors (Lipinski definition) is 0. The Morgan fingerprint density at radius 3 is 2.80 bits per heavy atom. The number of nitrogens with zero attached hydrogens (tertiary/aromatic N) is 2. The van der Waals surface area contributed by atoms with Gasteiger partial charge in [0.05, 0.1) is 5.69 Å². The van der Waals surface area contributed by atoms with Gasteiger partial charge in [-0.25, -0.2) is 4.98 Å². The summed E-state index contributed by atoms with van der Waals surface area (Å²) >= 11 is 0. The van der Waals surface area contributed by atoms with Crippen molar-refractivity contribution in [3.05, 3.63) is 18.1 Å². The van der Waals surface area contributed by atoms with E-state index in [0.717, 1.165) is 0 Å². The summed E-state index contributed by atoms with van der Waals surface area (Å²) in [7, 11) is 0. The molecule has 0 saturated carbocycles. The minimum Gasteiger partial charge on any atom is -0.408 e. The average molecular weight is 138 g/mol. The van der Waals surface area contributed by atoms with Crippen molar-refractivity contribution in [2.24, 2.45) is 0 Å². The summed E-state index contributed by atoms with van der Waals surface area (Å²) in [6.07, 6.45) is 3.00. The molecule has 0 amide bonds. The molecule has 0 radical (unpaired) electrons. The normalized spacial score (nSPS) is 8.90. The van der Waals surface area contributed by atoms with Crippen LogP contribution in [-0.4, -0.2) is 16.4 Å². The quantitative estimate of drug-likeness (QED) is 0.552. The smallest absolute Gasteiger partial charge is 0.299 e. The first-order valence-corrected chi connectivity index (χ1v) is 2.72. The average Bonchev–Trinajstić information content (AvgIpc) is 1.94. The Kier molecular flexibility index (Phi) is 1.94. The molecule has 0 unspecified atom stereocenters. The molecule has 1 heterocycles. The van der Waals surface area contributed by atoms with Gasteiger partial charge in [0, 0.05) is 12.4 Å². The number of carbonyl (C=O) groups is 1. The summed E-state index contributed by atoms with van der Waals surface area (Å²) in [5.41, 5.74) is 0.606. The minimum atomic E-state index is 0.262. The predicted molar refractivity (Wildman–Crippen MR) is 33.5 cm³/mol. The lowest BCUT2D eigenvalue weighted by Gasteiger charge is -1.96. The van der Waals surface area contributed by atoms with Crippen LogP contribution in [0.15, 0.2) is 12.4 Å². The summed E-state index contributed by atoms with van der Waals surface area (Å²) in [6.45, 7) is 2.04. The highest BCUT2D eigenvalue weighted by molar-refractivity contribution is 5.43. The van der Waals surface area contributed by atoms with E-state index in [2.05, 4.69) is 14.7 Å². The maximum atomic E-state index is 9.84. The standard InChI is InChI=1S/C6H6N2O2/c1-5-6(10-4-9)8-3-2-7-5/h2-4H,1H3. The Bertz CT molecular complexity index is 237. The van der Waals surface area contributed by atoms with Gasteiger partial charge in [-0.1, -0.05) is 0 Å². The van der Waals surface area contributed by atoms with Crippen molar-refractivity contribution in [2.75, 3.05) is 0 Å². The molecule has 10 heavy (non-hydrogen) atoms. The third-order valence-corrected chi connectivity index (χ3v) is 0.996. The topological polar surface area (TPSA) is 52.1 Å². The summed E-state index contributed by atoms with van der Waals surface area (Å²) in [4.78, 5) is 17.4. The van der Waals surface area contributed by atoms with Crippen LogP contribution in [0, 0.1) is 6.92 Å². The van der Waals surface area contributed by atoms with Crippen LogP contribution < -0.4 is 4.74 Å². The molecular formula is C6H6N2O2. The second kappa shape index (κ2) is 2.91. The molecule has 0 fully saturated rings. The van der Waals surface area contributed by atoms with Crippen molar-refractivity contribution in [3.63, 3.8) is 0 Å². The molecule has 0 aliphatic rings. The van der Waals surface area contributed by atoms with Crippen LogP contribution in [-0.2, 0) is 4.79 Å². The molecule has 0 bridgehead atoms. The number of aromatic nitrogens is 2. The SMILES string of the molecule is Cc1nccnc1OC=O. The fourth-order valence-electron chi connectivity index (χ4n) is 0.556. The summed E-state index contributed by atoms with van der Waals surface area (Å²) in [6, 6.07) is 0. The van der Waals surface area contributed by atoms with Gasteiger partial charge in [0.2, 0.25) is 5.88 Å². The van der Waals surface area contributed by atoms with Crippen molar-refractivity contribution < 1.29 is 9.53 Å². The third-order valence-electron chi connectivity index (χ3n) is 0.996. The van der Waals surface area contributed by atoms with E-state index in [1.54, 1.807) is 6.92 Å². The number of ether oxygens (including phenoxy) is 1. The van der Waals surface area contributed by atoms with Gasteiger partial charge in [-0.15, -0.1) is 0 Å². The first-order chi connectivity index (χ1) is 4.84. The van der Waals surface area contributed by atoms with Crippen molar-refractivity contribution in [2.45, 2.75) is 6.92 Å². The highest BCUT2D eigenvalue weighted by atomic mass is 16.5. The Morgan fingerprint density at radius 2 is 2.20 bits per heavy atom. The molecule has 1 aromatic rings. The molecule has 0 saturated heterocycles. The maximum Gasteiger partial charge on any atom is 0.299 e. The van der Waals surface area contributed by atoms with Gasteiger partial charge in [0.15, 0.2) is 0 Å². The summed E-state index contributed by atoms with van der Waals surface area (Å²) in [5.74, 6) is 0.262. The van der Waals surface area contributed by atoms with E-state index in [-0.39, 0.29) is 5.88 Å². The van der Waals surface area contributed by atoms with Crippen LogP contribution in [0.2, 0.25) is 0 Å². The summed E-state index contributed by atoms with van der Waals surface area (Å²) < 4.78 is 4.48. The van der Waals surface area contributed by atoms with Crippen LogP contribution in [0.5, 0.6) is 5.88 Å². The zero-order valence-corrected chi connectivity index (χ0v) is 5.44. The Morgan fingerprint density at radius 1 is 1.50 bits per heavy atom. The fraction of sp³-hybridized carbons (Fsp3) is 0.167. The van der Waals surface area contributed by atoms with Gasteiger partial charge in [-0.05, 0) is 6.92 Å². The van der Waals surface area contributed by atoms with E-state index >= 15 is 0 Å². The van der Waals surface area contributed by atoms with E-state index < -0.39 is 0 Å². The summed E-state index contributed by atoms with van der Waals surface area (Å²) in [5, 5.41) is 0. The van der Waals surface area contributed by atoms with Crippen molar-refractivity contribution in [3.8, 4) is 5.88 Å². The monoisotopic (exact) mass is 138 g/mol. The van der Waals surface area contributed by atoms with E-state index in [9.17, 15) is 4.79 Å². The third kappa shape index (κ3) is 1.28. The molecular weight excluding hydrogens is 132 g/mol. The molecule has 0 spiro atoms. The lowest BCUT2D eigenvalue weighted by atomic mass is 10.5. The van der Waals surface area contributed by atoms with Gasteiger partial charge < -0.3 is 4.74 Å². The maximum absolute atomic E-state index is 9.84. The number of aryl methyl sites for hydroxylation is 1. The molecule has 0 atom stereocenters. The van der Waals surface area contributed by atoms with Crippen LogP contribution in [0.3, 0.4) is 0 Å². The van der Waals surface area contributed by atoms with E-state index in [1.165, 1.54) is 12.4 Å². The van der Waals surface area contributed by atoms with Gasteiger partial charge in [0.25, 0.3) is 6.47 Å². The van der Waals surface area contributed by atoms with Crippen molar-refractivity contribution in [1.82, 2.24) is 9.97 Å². The van der Waals surface area contributed by atoms with Crippen molar-refractivity contribution >= 4 is 6.47 Å². The largest absolute Gasteiger partial charge is 0.408 e. The zero-order valence-electron chi connectivity index (χ0n) is 5.44. The van der Waals surface area contributed by atoms with Gasteiger partial charge in [0.1, 0.15) is 0 Å². The molecule has 0 aliphatic carbocycles. The minimum absolute atomic E-state index is 0.262. The zero-order chi connectivity index (χ0) is 7.40. The fourth-order valence-corrected chi connectivity index (χ4v) is 0.556. The van der Waals surface area contributed by atoms with Gasteiger partial charge in [-0.2, -0.15) is 0 Å². The van der Waals surface area contributed by atoms with E-state index in [1.807, 2.05) is 0 Å².